The van der Waals surface area contributed by atoms with Crippen LogP contribution in [0.2, 0.25) is 0 Å². The Morgan fingerprint density at radius 2 is 2.30 bits per heavy atom. The number of carbonyl (C=O) groups excluding carboxylic acids is 1. The Morgan fingerprint density at radius 3 is 3.00 bits per heavy atom. The fraction of sp³-hybridized carbons (Fsp3) is 0.333. The van der Waals surface area contributed by atoms with Gasteiger partial charge in [0.25, 0.3) is 5.91 Å². The van der Waals surface area contributed by atoms with Gasteiger partial charge in [-0.15, -0.1) is 6.58 Å². The molecule has 0 radical (unpaired) electrons. The van der Waals surface area contributed by atoms with Gasteiger partial charge in [0.2, 0.25) is 0 Å². The zero-order chi connectivity index (χ0) is 14.5. The number of aryl methyl sites for hydroxylation is 1. The maximum Gasteiger partial charge on any atom is 0.326 e. The third-order valence-electron chi connectivity index (χ3n) is 3.31. The van der Waals surface area contributed by atoms with E-state index in [2.05, 4.69) is 17.2 Å². The highest BCUT2D eigenvalue weighted by atomic mass is 16.4. The first-order chi connectivity index (χ1) is 9.61. The summed E-state index contributed by atoms with van der Waals surface area (Å²) in [5.41, 5.74) is 2.64. The summed E-state index contributed by atoms with van der Waals surface area (Å²) in [4.78, 5) is 23.1. The molecular formula is C15H18N2O3. The molecule has 106 valence electrons. The summed E-state index contributed by atoms with van der Waals surface area (Å²) in [7, 11) is 0. The van der Waals surface area contributed by atoms with Gasteiger partial charge in [0.15, 0.2) is 0 Å². The number of anilines is 1. The fourth-order valence-corrected chi connectivity index (χ4v) is 2.25. The number of carbonyl (C=O) groups is 2. The lowest BCUT2D eigenvalue weighted by molar-refractivity contribution is -0.139. The van der Waals surface area contributed by atoms with Crippen LogP contribution in [-0.2, 0) is 11.2 Å². The van der Waals surface area contributed by atoms with Crippen molar-refractivity contribution >= 4 is 17.6 Å². The van der Waals surface area contributed by atoms with Gasteiger partial charge in [0.05, 0.1) is 0 Å². The quantitative estimate of drug-likeness (QED) is 0.715. The molecule has 5 nitrogen and oxygen atoms in total. The predicted molar refractivity (Wildman–Crippen MR) is 77.0 cm³/mol. The van der Waals surface area contributed by atoms with E-state index in [1.807, 2.05) is 12.1 Å². The third kappa shape index (κ3) is 3.17. The van der Waals surface area contributed by atoms with Crippen LogP contribution in [0.3, 0.4) is 0 Å². The first kappa shape index (κ1) is 14.1. The number of benzene rings is 1. The fourth-order valence-electron chi connectivity index (χ4n) is 2.25. The van der Waals surface area contributed by atoms with Gasteiger partial charge in [-0.1, -0.05) is 6.08 Å². The Labute approximate surface area is 117 Å². The van der Waals surface area contributed by atoms with Gasteiger partial charge in [0.1, 0.15) is 6.04 Å². The molecule has 1 amide bonds. The summed E-state index contributed by atoms with van der Waals surface area (Å²) in [6.45, 7) is 4.44. The van der Waals surface area contributed by atoms with E-state index in [9.17, 15) is 9.59 Å². The molecular weight excluding hydrogens is 256 g/mol. The second-order valence-electron chi connectivity index (χ2n) is 4.79. The summed E-state index contributed by atoms with van der Waals surface area (Å²) in [5.74, 6) is -1.43. The Kier molecular flexibility index (Phi) is 4.40. The van der Waals surface area contributed by atoms with Crippen LogP contribution < -0.4 is 10.6 Å². The minimum Gasteiger partial charge on any atom is -0.480 e. The number of hydrogen-bond donors (Lipinski definition) is 3. The summed E-state index contributed by atoms with van der Waals surface area (Å²) in [6, 6.07) is 4.46. The molecule has 1 heterocycles. The van der Waals surface area contributed by atoms with Crippen molar-refractivity contribution in [3.63, 3.8) is 0 Å². The van der Waals surface area contributed by atoms with E-state index in [4.69, 9.17) is 5.11 Å². The highest BCUT2D eigenvalue weighted by Gasteiger charge is 2.20. The largest absolute Gasteiger partial charge is 0.480 e. The maximum absolute atomic E-state index is 12.1. The molecule has 0 aromatic heterocycles. The number of rotatable bonds is 5. The van der Waals surface area contributed by atoms with Crippen LogP contribution in [0.15, 0.2) is 30.9 Å². The van der Waals surface area contributed by atoms with Crippen molar-refractivity contribution < 1.29 is 14.7 Å². The van der Waals surface area contributed by atoms with Crippen molar-refractivity contribution in [3.05, 3.63) is 42.0 Å². The average Bonchev–Trinajstić information content (AvgIpc) is 2.46. The summed E-state index contributed by atoms with van der Waals surface area (Å²) in [6.07, 6.45) is 3.65. The number of hydrogen-bond acceptors (Lipinski definition) is 3. The molecule has 20 heavy (non-hydrogen) atoms. The van der Waals surface area contributed by atoms with Gasteiger partial charge in [-0.25, -0.2) is 4.79 Å². The van der Waals surface area contributed by atoms with Crippen LogP contribution in [0, 0.1) is 0 Å². The smallest absolute Gasteiger partial charge is 0.326 e. The Bertz CT molecular complexity index is 540. The Balaban J connectivity index is 2.12. The van der Waals surface area contributed by atoms with Crippen LogP contribution >= 0.6 is 0 Å². The van der Waals surface area contributed by atoms with E-state index in [1.165, 1.54) is 6.08 Å². The van der Waals surface area contributed by atoms with Gasteiger partial charge in [-0.2, -0.15) is 0 Å². The average molecular weight is 274 g/mol. The van der Waals surface area contributed by atoms with Gasteiger partial charge in [-0.3, -0.25) is 4.79 Å². The monoisotopic (exact) mass is 274 g/mol. The van der Waals surface area contributed by atoms with Crippen LogP contribution in [0.5, 0.6) is 0 Å². The molecule has 0 saturated heterocycles. The van der Waals surface area contributed by atoms with Crippen molar-refractivity contribution in [2.45, 2.75) is 25.3 Å². The van der Waals surface area contributed by atoms with E-state index in [-0.39, 0.29) is 12.3 Å². The van der Waals surface area contributed by atoms with Gasteiger partial charge < -0.3 is 15.7 Å². The van der Waals surface area contributed by atoms with Crippen LogP contribution in [-0.4, -0.2) is 29.6 Å². The molecule has 1 aromatic rings. The van der Waals surface area contributed by atoms with E-state index >= 15 is 0 Å². The SMILES string of the molecule is C=CCC(NC(=O)c1ccc2c(c1)CCCN2)C(=O)O. The highest BCUT2D eigenvalue weighted by molar-refractivity contribution is 5.97. The van der Waals surface area contributed by atoms with Crippen molar-refractivity contribution in [3.8, 4) is 0 Å². The standard InChI is InChI=1S/C15H18N2O3/c1-2-4-13(15(19)20)17-14(18)11-6-7-12-10(9-11)5-3-8-16-12/h2,6-7,9,13,16H,1,3-5,8H2,(H,17,18)(H,19,20). The molecule has 0 saturated carbocycles. The first-order valence-corrected chi connectivity index (χ1v) is 6.63. The molecule has 0 bridgehead atoms. The molecule has 0 fully saturated rings. The van der Waals surface area contributed by atoms with E-state index in [0.29, 0.717) is 5.56 Å². The van der Waals surface area contributed by atoms with Crippen LogP contribution in [0.25, 0.3) is 0 Å². The van der Waals surface area contributed by atoms with Crippen molar-refractivity contribution in [2.24, 2.45) is 0 Å². The number of nitrogens with one attached hydrogen (secondary N) is 2. The summed E-state index contributed by atoms with van der Waals surface area (Å²) in [5, 5.41) is 14.8. The minimum atomic E-state index is -1.06. The summed E-state index contributed by atoms with van der Waals surface area (Å²) < 4.78 is 0. The molecule has 1 unspecified atom stereocenters. The lowest BCUT2D eigenvalue weighted by Crippen LogP contribution is -2.40. The number of fused-ring (bicyclic) bond motifs is 1. The number of carboxylic acid groups (broad SMARTS) is 1. The second-order valence-corrected chi connectivity index (χ2v) is 4.79. The molecule has 2 rings (SSSR count). The molecule has 1 aliphatic heterocycles. The number of aliphatic carboxylic acids is 1. The zero-order valence-electron chi connectivity index (χ0n) is 11.2. The van der Waals surface area contributed by atoms with E-state index in [0.717, 1.165) is 30.6 Å². The highest BCUT2D eigenvalue weighted by Crippen LogP contribution is 2.22. The van der Waals surface area contributed by atoms with Crippen molar-refractivity contribution in [1.29, 1.82) is 0 Å². The molecule has 0 aliphatic carbocycles. The first-order valence-electron chi connectivity index (χ1n) is 6.63. The van der Waals surface area contributed by atoms with Crippen molar-refractivity contribution in [1.82, 2.24) is 5.32 Å². The number of amides is 1. The van der Waals surface area contributed by atoms with Crippen LogP contribution in [0.4, 0.5) is 5.69 Å². The molecule has 3 N–H and O–H groups in total. The van der Waals surface area contributed by atoms with Crippen molar-refractivity contribution in [2.75, 3.05) is 11.9 Å². The molecule has 1 aliphatic rings. The number of carboxylic acids is 1. The topological polar surface area (TPSA) is 78.4 Å². The van der Waals surface area contributed by atoms with E-state index in [1.54, 1.807) is 6.07 Å². The normalized spacial score (nSPS) is 14.6. The van der Waals surface area contributed by atoms with Gasteiger partial charge in [0, 0.05) is 17.8 Å². The minimum absolute atomic E-state index is 0.202. The second kappa shape index (κ2) is 6.23. The lowest BCUT2D eigenvalue weighted by atomic mass is 10.0. The van der Waals surface area contributed by atoms with Gasteiger partial charge in [-0.05, 0) is 43.0 Å². The van der Waals surface area contributed by atoms with Crippen LogP contribution in [0.1, 0.15) is 28.8 Å². The zero-order valence-corrected chi connectivity index (χ0v) is 11.2. The molecule has 0 spiro atoms. The molecule has 1 atom stereocenters. The Hall–Kier alpha value is -2.30. The van der Waals surface area contributed by atoms with Gasteiger partial charge >= 0.3 is 5.97 Å². The Morgan fingerprint density at radius 1 is 1.50 bits per heavy atom. The predicted octanol–water partition coefficient (Wildman–Crippen LogP) is 1.80. The molecule has 1 aromatic carbocycles. The molecule has 5 heteroatoms. The third-order valence-corrected chi connectivity index (χ3v) is 3.31. The summed E-state index contributed by atoms with van der Waals surface area (Å²) >= 11 is 0. The maximum atomic E-state index is 12.1. The lowest BCUT2D eigenvalue weighted by Gasteiger charge is -2.19. The van der Waals surface area contributed by atoms with E-state index < -0.39 is 12.0 Å².